The second kappa shape index (κ2) is 8.03. The maximum absolute atomic E-state index is 12.2. The highest BCUT2D eigenvalue weighted by atomic mass is 16.5. The number of benzene rings is 1. The molecule has 28 heavy (non-hydrogen) atoms. The minimum Gasteiger partial charge on any atom is -0.483 e. The maximum atomic E-state index is 12.2. The second-order valence-corrected chi connectivity index (χ2v) is 6.52. The zero-order valence-electron chi connectivity index (χ0n) is 16.2. The molecule has 2 heterocycles. The van der Waals surface area contributed by atoms with Gasteiger partial charge in [0.15, 0.2) is 6.61 Å². The van der Waals surface area contributed by atoms with Crippen molar-refractivity contribution < 1.29 is 14.3 Å². The molecule has 0 aliphatic heterocycles. The van der Waals surface area contributed by atoms with Gasteiger partial charge in [-0.3, -0.25) is 20.4 Å². The molecule has 0 unspecified atom stereocenters. The summed E-state index contributed by atoms with van der Waals surface area (Å²) in [5.74, 6) is 0.334. The lowest BCUT2D eigenvalue weighted by molar-refractivity contribution is -0.129. The van der Waals surface area contributed by atoms with Gasteiger partial charge in [0, 0.05) is 17.0 Å². The molecule has 0 spiro atoms. The van der Waals surface area contributed by atoms with E-state index in [-0.39, 0.29) is 18.9 Å². The minimum absolute atomic E-state index is 0.0541. The molecule has 0 atom stereocenters. The standard InChI is InChI=1S/C19H22N6O3/c1-11-6-5-7-12(2)18(11)28-9-17(27)24-23-16(26)8-15-13(3)22-19-20-10-21-25(19)14(15)4/h5-7,10H,8-9H2,1-4H3,(H,23,26)(H,24,27). The first-order valence-electron chi connectivity index (χ1n) is 8.79. The smallest absolute Gasteiger partial charge is 0.276 e. The molecule has 1 aromatic carbocycles. The molecule has 146 valence electrons. The third-order valence-corrected chi connectivity index (χ3v) is 4.42. The number of ether oxygens (including phenoxy) is 1. The monoisotopic (exact) mass is 382 g/mol. The van der Waals surface area contributed by atoms with Gasteiger partial charge in [-0.15, -0.1) is 0 Å². The molecule has 3 rings (SSSR count). The lowest BCUT2D eigenvalue weighted by atomic mass is 10.1. The minimum atomic E-state index is -0.450. The van der Waals surface area contributed by atoms with Crippen molar-refractivity contribution in [2.75, 3.05) is 6.61 Å². The predicted molar refractivity (Wildman–Crippen MR) is 102 cm³/mol. The molecule has 2 N–H and O–H groups in total. The molecule has 3 aromatic rings. The van der Waals surface area contributed by atoms with Crippen molar-refractivity contribution in [2.24, 2.45) is 0 Å². The number of carbonyl (C=O) groups excluding carboxylic acids is 2. The number of para-hydroxylation sites is 1. The van der Waals surface area contributed by atoms with E-state index < -0.39 is 5.91 Å². The quantitative estimate of drug-likeness (QED) is 0.640. The molecule has 0 bridgehead atoms. The molecule has 0 saturated heterocycles. The number of amides is 2. The fourth-order valence-corrected chi connectivity index (χ4v) is 2.96. The first-order chi connectivity index (χ1) is 13.4. The van der Waals surface area contributed by atoms with Crippen molar-refractivity contribution in [3.05, 3.63) is 52.6 Å². The number of nitrogens with zero attached hydrogens (tertiary/aromatic N) is 4. The average molecular weight is 382 g/mol. The normalized spacial score (nSPS) is 10.7. The van der Waals surface area contributed by atoms with Crippen molar-refractivity contribution in [1.29, 1.82) is 0 Å². The van der Waals surface area contributed by atoms with E-state index in [1.165, 1.54) is 6.33 Å². The summed E-state index contributed by atoms with van der Waals surface area (Å²) in [7, 11) is 0. The van der Waals surface area contributed by atoms with Gasteiger partial charge in [-0.25, -0.2) is 9.50 Å². The Morgan fingerprint density at radius 3 is 2.46 bits per heavy atom. The van der Waals surface area contributed by atoms with E-state index in [9.17, 15) is 9.59 Å². The Labute approximate surface area is 162 Å². The van der Waals surface area contributed by atoms with Crippen LogP contribution in [0.15, 0.2) is 24.5 Å². The summed E-state index contributed by atoms with van der Waals surface area (Å²) in [5.41, 5.74) is 8.86. The highest BCUT2D eigenvalue weighted by molar-refractivity contribution is 5.84. The van der Waals surface area contributed by atoms with Gasteiger partial charge < -0.3 is 4.74 Å². The molecule has 2 aromatic heterocycles. The number of nitrogens with one attached hydrogen (secondary N) is 2. The topological polar surface area (TPSA) is 111 Å². The highest BCUT2D eigenvalue weighted by Crippen LogP contribution is 2.22. The van der Waals surface area contributed by atoms with Gasteiger partial charge in [-0.1, -0.05) is 18.2 Å². The van der Waals surface area contributed by atoms with Crippen LogP contribution in [0.3, 0.4) is 0 Å². The number of aromatic nitrogens is 4. The van der Waals surface area contributed by atoms with Crippen LogP contribution in [-0.2, 0) is 16.0 Å². The third kappa shape index (κ3) is 4.08. The van der Waals surface area contributed by atoms with Crippen LogP contribution < -0.4 is 15.6 Å². The highest BCUT2D eigenvalue weighted by Gasteiger charge is 2.15. The summed E-state index contributed by atoms with van der Waals surface area (Å²) in [6, 6.07) is 5.74. The lowest BCUT2D eigenvalue weighted by Gasteiger charge is -2.13. The van der Waals surface area contributed by atoms with Crippen LogP contribution in [0.4, 0.5) is 0 Å². The van der Waals surface area contributed by atoms with Crippen LogP contribution in [0, 0.1) is 27.7 Å². The Kier molecular flexibility index (Phi) is 5.53. The molecule has 9 nitrogen and oxygen atoms in total. The third-order valence-electron chi connectivity index (χ3n) is 4.42. The van der Waals surface area contributed by atoms with Gasteiger partial charge in [-0.05, 0) is 38.8 Å². The molecule has 0 aliphatic rings. The van der Waals surface area contributed by atoms with Gasteiger partial charge in [0.05, 0.1) is 6.42 Å². The summed E-state index contributed by atoms with van der Waals surface area (Å²) in [5, 5.41) is 4.09. The fraction of sp³-hybridized carbons (Fsp3) is 0.316. The van der Waals surface area contributed by atoms with E-state index in [1.54, 1.807) is 11.4 Å². The predicted octanol–water partition coefficient (Wildman–Crippen LogP) is 1.13. The van der Waals surface area contributed by atoms with Gasteiger partial charge in [0.2, 0.25) is 5.91 Å². The largest absolute Gasteiger partial charge is 0.483 e. The second-order valence-electron chi connectivity index (χ2n) is 6.52. The summed E-state index contributed by atoms with van der Waals surface area (Å²) < 4.78 is 7.14. The van der Waals surface area contributed by atoms with Crippen LogP contribution in [0.1, 0.15) is 28.1 Å². The van der Waals surface area contributed by atoms with Crippen LogP contribution in [0.25, 0.3) is 5.78 Å². The maximum Gasteiger partial charge on any atom is 0.276 e. The molecule has 0 aliphatic carbocycles. The average Bonchev–Trinajstić information content (AvgIpc) is 3.11. The van der Waals surface area contributed by atoms with Crippen molar-refractivity contribution >= 4 is 17.6 Å². The van der Waals surface area contributed by atoms with Crippen LogP contribution in [0.5, 0.6) is 5.75 Å². The summed E-state index contributed by atoms with van der Waals surface area (Å²) in [6.45, 7) is 7.27. The zero-order valence-corrected chi connectivity index (χ0v) is 16.2. The van der Waals surface area contributed by atoms with Crippen LogP contribution in [0.2, 0.25) is 0 Å². The molecule has 0 saturated carbocycles. The molecule has 2 amide bonds. The Hall–Kier alpha value is -3.49. The molecule has 9 heteroatoms. The Balaban J connectivity index is 1.55. The number of aryl methyl sites for hydroxylation is 4. The molecule has 0 radical (unpaired) electrons. The molecular formula is C19H22N6O3. The summed E-state index contributed by atoms with van der Waals surface area (Å²) >= 11 is 0. The number of rotatable bonds is 5. The zero-order chi connectivity index (χ0) is 20.3. The van der Waals surface area contributed by atoms with E-state index in [2.05, 4.69) is 25.9 Å². The fourth-order valence-electron chi connectivity index (χ4n) is 2.96. The summed E-state index contributed by atoms with van der Waals surface area (Å²) in [6.07, 6.45) is 1.47. The van der Waals surface area contributed by atoms with Crippen molar-refractivity contribution in [2.45, 2.75) is 34.1 Å². The SMILES string of the molecule is Cc1cccc(C)c1OCC(=O)NNC(=O)Cc1c(C)nc2ncnn2c1C. The van der Waals surface area contributed by atoms with Crippen molar-refractivity contribution in [3.63, 3.8) is 0 Å². The summed E-state index contributed by atoms with van der Waals surface area (Å²) in [4.78, 5) is 32.6. The van der Waals surface area contributed by atoms with Crippen molar-refractivity contribution in [3.8, 4) is 5.75 Å². The van der Waals surface area contributed by atoms with Gasteiger partial charge in [0.1, 0.15) is 12.1 Å². The number of fused-ring (bicyclic) bond motifs is 1. The van der Waals surface area contributed by atoms with Crippen molar-refractivity contribution in [1.82, 2.24) is 30.4 Å². The molecule has 0 fully saturated rings. The number of hydrogen-bond donors (Lipinski definition) is 2. The number of carbonyl (C=O) groups is 2. The van der Waals surface area contributed by atoms with Gasteiger partial charge in [-0.2, -0.15) is 10.1 Å². The van der Waals surface area contributed by atoms with E-state index in [0.29, 0.717) is 17.2 Å². The number of hydrazine groups is 1. The van der Waals surface area contributed by atoms with E-state index >= 15 is 0 Å². The number of hydrogen-bond acceptors (Lipinski definition) is 6. The van der Waals surface area contributed by atoms with Gasteiger partial charge >= 0.3 is 0 Å². The Morgan fingerprint density at radius 1 is 1.07 bits per heavy atom. The van der Waals surface area contributed by atoms with Gasteiger partial charge in [0.25, 0.3) is 11.7 Å². The van der Waals surface area contributed by atoms with E-state index in [1.807, 2.05) is 39.0 Å². The first-order valence-corrected chi connectivity index (χ1v) is 8.79. The molecular weight excluding hydrogens is 360 g/mol. The Morgan fingerprint density at radius 2 is 1.75 bits per heavy atom. The van der Waals surface area contributed by atoms with E-state index in [4.69, 9.17) is 4.74 Å². The van der Waals surface area contributed by atoms with E-state index in [0.717, 1.165) is 22.4 Å². The first kappa shape index (κ1) is 19.3. The lowest BCUT2D eigenvalue weighted by Crippen LogP contribution is -2.44. The van der Waals surface area contributed by atoms with Crippen LogP contribution >= 0.6 is 0 Å². The Bertz CT molecular complexity index is 1020. The van der Waals surface area contributed by atoms with Crippen LogP contribution in [-0.4, -0.2) is 38.0 Å².